The molecule has 3 N–H and O–H groups in total. The van der Waals surface area contributed by atoms with E-state index >= 15 is 0 Å². The second-order valence-electron chi connectivity index (χ2n) is 4.00. The van der Waals surface area contributed by atoms with Crippen molar-refractivity contribution in [3.05, 3.63) is 46.3 Å². The number of carbonyl (C=O) groups excluding carboxylic acids is 2. The van der Waals surface area contributed by atoms with Crippen molar-refractivity contribution < 1.29 is 9.59 Å². The third kappa shape index (κ3) is 3.17. The summed E-state index contributed by atoms with van der Waals surface area (Å²) >= 11 is 1.52. The first-order valence-corrected chi connectivity index (χ1v) is 6.57. The van der Waals surface area contributed by atoms with Crippen LogP contribution in [0.25, 0.3) is 0 Å². The zero-order valence-electron chi connectivity index (χ0n) is 10.3. The number of amides is 2. The molecular formula is C13H13N3O2S. The Labute approximate surface area is 114 Å². The molecule has 0 radical (unpaired) electrons. The molecule has 2 aromatic heterocycles. The first kappa shape index (κ1) is 13.2. The van der Waals surface area contributed by atoms with Gasteiger partial charge >= 0.3 is 0 Å². The lowest BCUT2D eigenvalue weighted by Gasteiger charge is -2.10. The van der Waals surface area contributed by atoms with Crippen molar-refractivity contribution in [2.24, 2.45) is 5.73 Å². The average Bonchev–Trinajstić information content (AvgIpc) is 2.92. The van der Waals surface area contributed by atoms with E-state index in [-0.39, 0.29) is 17.5 Å². The summed E-state index contributed by atoms with van der Waals surface area (Å²) in [6, 6.07) is 8.54. The Hall–Kier alpha value is -2.21. The van der Waals surface area contributed by atoms with Gasteiger partial charge in [-0.3, -0.25) is 9.59 Å². The Kier molecular flexibility index (Phi) is 3.91. The summed E-state index contributed by atoms with van der Waals surface area (Å²) in [6.45, 7) is 1.82. The van der Waals surface area contributed by atoms with Gasteiger partial charge in [-0.25, -0.2) is 4.98 Å². The van der Waals surface area contributed by atoms with Gasteiger partial charge in [0.25, 0.3) is 5.91 Å². The number of rotatable bonds is 4. The monoisotopic (exact) mass is 275 g/mol. The Bertz CT molecular complexity index is 596. The van der Waals surface area contributed by atoms with Crippen molar-refractivity contribution in [1.29, 1.82) is 0 Å². The maximum Gasteiger partial charge on any atom is 0.267 e. The van der Waals surface area contributed by atoms with Crippen molar-refractivity contribution in [2.45, 2.75) is 12.8 Å². The van der Waals surface area contributed by atoms with Crippen LogP contribution in [0.15, 0.2) is 35.7 Å². The standard InChI is InChI=1S/C13H13N3O2S/c1-8(10-5-3-7-19-10)13(18)16-11-6-2-4-9(15-11)12(14)17/h2-8H,1H3,(H2,14,17)(H,15,16,18)/t8-/m0/s1. The minimum atomic E-state index is -0.623. The van der Waals surface area contributed by atoms with E-state index in [1.807, 2.05) is 24.4 Å². The quantitative estimate of drug-likeness (QED) is 0.894. The smallest absolute Gasteiger partial charge is 0.267 e. The third-order valence-corrected chi connectivity index (χ3v) is 3.67. The Morgan fingerprint density at radius 2 is 2.11 bits per heavy atom. The molecule has 2 rings (SSSR count). The lowest BCUT2D eigenvalue weighted by Crippen LogP contribution is -2.20. The number of nitrogens with one attached hydrogen (secondary N) is 1. The number of carbonyl (C=O) groups is 2. The van der Waals surface area contributed by atoms with Crippen LogP contribution >= 0.6 is 11.3 Å². The van der Waals surface area contributed by atoms with E-state index in [1.165, 1.54) is 17.4 Å². The van der Waals surface area contributed by atoms with Gasteiger partial charge in [-0.05, 0) is 30.5 Å². The molecule has 5 nitrogen and oxygen atoms in total. The molecule has 2 aromatic rings. The Morgan fingerprint density at radius 1 is 1.32 bits per heavy atom. The predicted octanol–water partition coefficient (Wildman–Crippen LogP) is 1.98. The van der Waals surface area contributed by atoms with E-state index in [2.05, 4.69) is 10.3 Å². The molecule has 0 aliphatic rings. The van der Waals surface area contributed by atoms with Gasteiger partial charge in [0, 0.05) is 4.88 Å². The lowest BCUT2D eigenvalue weighted by atomic mass is 10.1. The van der Waals surface area contributed by atoms with Gasteiger partial charge in [-0.2, -0.15) is 0 Å². The largest absolute Gasteiger partial charge is 0.364 e. The molecule has 2 heterocycles. The summed E-state index contributed by atoms with van der Waals surface area (Å²) in [5, 5.41) is 4.60. The first-order chi connectivity index (χ1) is 9.08. The van der Waals surface area contributed by atoms with Crippen molar-refractivity contribution >= 4 is 29.0 Å². The highest BCUT2D eigenvalue weighted by atomic mass is 32.1. The van der Waals surface area contributed by atoms with Crippen LogP contribution in [0.1, 0.15) is 28.2 Å². The number of hydrogen-bond acceptors (Lipinski definition) is 4. The van der Waals surface area contributed by atoms with Crippen LogP contribution in [-0.2, 0) is 4.79 Å². The average molecular weight is 275 g/mol. The lowest BCUT2D eigenvalue weighted by molar-refractivity contribution is -0.117. The van der Waals surface area contributed by atoms with E-state index < -0.39 is 5.91 Å². The fourth-order valence-electron chi connectivity index (χ4n) is 1.54. The topological polar surface area (TPSA) is 85.1 Å². The molecule has 0 aliphatic carbocycles. The number of pyridine rings is 1. The van der Waals surface area contributed by atoms with Crippen molar-refractivity contribution in [3.8, 4) is 0 Å². The summed E-state index contributed by atoms with van der Waals surface area (Å²) in [5.41, 5.74) is 5.26. The normalized spacial score (nSPS) is 11.8. The van der Waals surface area contributed by atoms with Gasteiger partial charge in [0.2, 0.25) is 5.91 Å². The highest BCUT2D eigenvalue weighted by Crippen LogP contribution is 2.21. The van der Waals surface area contributed by atoms with Crippen LogP contribution in [0.2, 0.25) is 0 Å². The van der Waals surface area contributed by atoms with Crippen molar-refractivity contribution in [1.82, 2.24) is 4.98 Å². The van der Waals surface area contributed by atoms with E-state index in [0.29, 0.717) is 5.82 Å². The molecule has 0 aromatic carbocycles. The Morgan fingerprint density at radius 3 is 2.74 bits per heavy atom. The van der Waals surface area contributed by atoms with Gasteiger partial charge in [-0.1, -0.05) is 12.1 Å². The van der Waals surface area contributed by atoms with Crippen LogP contribution < -0.4 is 11.1 Å². The van der Waals surface area contributed by atoms with Crippen LogP contribution in [0.4, 0.5) is 5.82 Å². The van der Waals surface area contributed by atoms with Crippen LogP contribution in [0, 0.1) is 0 Å². The van der Waals surface area contributed by atoms with Gasteiger partial charge in [-0.15, -0.1) is 11.3 Å². The van der Waals surface area contributed by atoms with Gasteiger partial charge < -0.3 is 11.1 Å². The molecule has 0 spiro atoms. The van der Waals surface area contributed by atoms with Gasteiger partial charge in [0.1, 0.15) is 11.5 Å². The molecule has 98 valence electrons. The fraction of sp³-hybridized carbons (Fsp3) is 0.154. The summed E-state index contributed by atoms with van der Waals surface area (Å²) in [6.07, 6.45) is 0. The Balaban J connectivity index is 2.11. The molecule has 0 aliphatic heterocycles. The fourth-order valence-corrected chi connectivity index (χ4v) is 2.33. The molecule has 19 heavy (non-hydrogen) atoms. The third-order valence-electron chi connectivity index (χ3n) is 2.62. The highest BCUT2D eigenvalue weighted by Gasteiger charge is 2.16. The maximum atomic E-state index is 12.0. The molecular weight excluding hydrogens is 262 g/mol. The molecule has 0 bridgehead atoms. The molecule has 0 saturated heterocycles. The SMILES string of the molecule is C[C@H](C(=O)Nc1cccc(C(N)=O)n1)c1cccs1. The number of nitrogens with zero attached hydrogens (tertiary/aromatic N) is 1. The number of aromatic nitrogens is 1. The van der Waals surface area contributed by atoms with Gasteiger partial charge in [0.15, 0.2) is 0 Å². The predicted molar refractivity (Wildman–Crippen MR) is 74.1 cm³/mol. The number of primary amides is 1. The first-order valence-electron chi connectivity index (χ1n) is 5.69. The van der Waals surface area contributed by atoms with Crippen molar-refractivity contribution in [2.75, 3.05) is 5.32 Å². The number of anilines is 1. The van der Waals surface area contributed by atoms with E-state index in [9.17, 15) is 9.59 Å². The highest BCUT2D eigenvalue weighted by molar-refractivity contribution is 7.10. The van der Waals surface area contributed by atoms with Crippen molar-refractivity contribution in [3.63, 3.8) is 0 Å². The molecule has 0 fully saturated rings. The number of hydrogen-bond donors (Lipinski definition) is 2. The van der Waals surface area contributed by atoms with Crippen LogP contribution in [0.5, 0.6) is 0 Å². The van der Waals surface area contributed by atoms with E-state index in [0.717, 1.165) is 4.88 Å². The zero-order chi connectivity index (χ0) is 13.8. The van der Waals surface area contributed by atoms with E-state index in [1.54, 1.807) is 12.1 Å². The summed E-state index contributed by atoms with van der Waals surface area (Å²) in [5.74, 6) is -0.734. The van der Waals surface area contributed by atoms with Crippen LogP contribution in [0.3, 0.4) is 0 Å². The second-order valence-corrected chi connectivity index (χ2v) is 4.98. The summed E-state index contributed by atoms with van der Waals surface area (Å²) < 4.78 is 0. The molecule has 0 saturated carbocycles. The maximum absolute atomic E-state index is 12.0. The second kappa shape index (κ2) is 5.62. The van der Waals surface area contributed by atoms with Crippen LogP contribution in [-0.4, -0.2) is 16.8 Å². The summed E-state index contributed by atoms with van der Waals surface area (Å²) in [4.78, 5) is 28.0. The zero-order valence-corrected chi connectivity index (χ0v) is 11.1. The minimum absolute atomic E-state index is 0.126. The number of thiophene rings is 1. The number of nitrogens with two attached hydrogens (primary N) is 1. The molecule has 6 heteroatoms. The molecule has 1 atom stereocenters. The summed E-state index contributed by atoms with van der Waals surface area (Å²) in [7, 11) is 0. The molecule has 0 unspecified atom stereocenters. The van der Waals surface area contributed by atoms with Gasteiger partial charge in [0.05, 0.1) is 5.92 Å². The molecule has 2 amide bonds. The van der Waals surface area contributed by atoms with E-state index in [4.69, 9.17) is 5.73 Å². The minimum Gasteiger partial charge on any atom is -0.364 e.